The van der Waals surface area contributed by atoms with Crippen molar-refractivity contribution >= 4 is 17.3 Å². The molecule has 1 heterocycles. The lowest BCUT2D eigenvalue weighted by atomic mass is 10.1. The van der Waals surface area contributed by atoms with Gasteiger partial charge >= 0.3 is 0 Å². The molecule has 0 radical (unpaired) electrons. The van der Waals surface area contributed by atoms with Crippen molar-refractivity contribution in [2.24, 2.45) is 4.99 Å². The third kappa shape index (κ3) is 6.34. The van der Waals surface area contributed by atoms with Crippen molar-refractivity contribution in [3.8, 4) is 0 Å². The Bertz CT molecular complexity index is 598. The van der Waals surface area contributed by atoms with E-state index < -0.39 is 6.10 Å². The Labute approximate surface area is 148 Å². The number of thiophene rings is 1. The number of likely N-dealkylation sites (N-methyl/N-ethyl adjacent to an activating group) is 1. The second-order valence-corrected chi connectivity index (χ2v) is 6.82. The number of aliphatic hydroxyl groups is 1. The van der Waals surface area contributed by atoms with E-state index in [0.29, 0.717) is 13.0 Å². The third-order valence-corrected chi connectivity index (χ3v) is 4.67. The van der Waals surface area contributed by atoms with Crippen molar-refractivity contribution in [3.05, 3.63) is 58.3 Å². The minimum absolute atomic E-state index is 0.403. The predicted molar refractivity (Wildman–Crippen MR) is 103 cm³/mol. The van der Waals surface area contributed by atoms with Crippen LogP contribution in [0.2, 0.25) is 0 Å². The molecule has 0 bridgehead atoms. The Hall–Kier alpha value is -1.85. The maximum Gasteiger partial charge on any atom is 0.193 e. The molecule has 24 heavy (non-hydrogen) atoms. The van der Waals surface area contributed by atoms with Gasteiger partial charge in [-0.25, -0.2) is 0 Å². The first-order valence-electron chi connectivity index (χ1n) is 8.43. The molecule has 0 aliphatic rings. The highest BCUT2D eigenvalue weighted by Crippen LogP contribution is 2.09. The molecule has 0 spiro atoms. The van der Waals surface area contributed by atoms with Crippen LogP contribution in [0.1, 0.15) is 17.4 Å². The summed E-state index contributed by atoms with van der Waals surface area (Å²) in [5.74, 6) is 0.848. The first-order valence-corrected chi connectivity index (χ1v) is 9.30. The van der Waals surface area contributed by atoms with Crippen LogP contribution < -0.4 is 5.32 Å². The number of nitrogens with zero attached hydrogens (tertiary/aromatic N) is 2. The molecule has 0 saturated heterocycles. The summed E-state index contributed by atoms with van der Waals surface area (Å²) in [6.07, 6.45) is 1.17. The molecule has 4 nitrogen and oxygen atoms in total. The van der Waals surface area contributed by atoms with Crippen LogP contribution in [-0.2, 0) is 12.8 Å². The Morgan fingerprint density at radius 2 is 2.04 bits per heavy atom. The molecule has 0 amide bonds. The van der Waals surface area contributed by atoms with Gasteiger partial charge in [0.15, 0.2) is 5.96 Å². The van der Waals surface area contributed by atoms with Gasteiger partial charge < -0.3 is 15.3 Å². The summed E-state index contributed by atoms with van der Waals surface area (Å²) in [4.78, 5) is 8.09. The zero-order chi connectivity index (χ0) is 17.2. The molecule has 2 N–H and O–H groups in total. The molecule has 1 unspecified atom stereocenters. The summed E-state index contributed by atoms with van der Waals surface area (Å²) in [6, 6.07) is 14.3. The normalized spacial score (nSPS) is 12.9. The SMILES string of the molecule is CCNC(=NCC(O)Cc1ccccc1)N(C)CCc1cccs1. The van der Waals surface area contributed by atoms with Crippen LogP contribution in [-0.4, -0.2) is 48.8 Å². The molecule has 0 aliphatic carbocycles. The second kappa shape index (κ2) is 10.1. The van der Waals surface area contributed by atoms with E-state index in [9.17, 15) is 5.11 Å². The molecular weight excluding hydrogens is 318 g/mol. The van der Waals surface area contributed by atoms with Crippen LogP contribution in [0.25, 0.3) is 0 Å². The first kappa shape index (κ1) is 18.5. The Morgan fingerprint density at radius 3 is 2.71 bits per heavy atom. The van der Waals surface area contributed by atoms with E-state index >= 15 is 0 Å². The summed E-state index contributed by atoms with van der Waals surface area (Å²) in [7, 11) is 2.04. The number of nitrogens with one attached hydrogen (secondary N) is 1. The summed E-state index contributed by atoms with van der Waals surface area (Å²) >= 11 is 1.78. The summed E-state index contributed by atoms with van der Waals surface area (Å²) in [5.41, 5.74) is 1.14. The topological polar surface area (TPSA) is 47.9 Å². The van der Waals surface area contributed by atoms with Crippen LogP contribution in [0.15, 0.2) is 52.8 Å². The van der Waals surface area contributed by atoms with Crippen LogP contribution in [0.5, 0.6) is 0 Å². The van der Waals surface area contributed by atoms with E-state index in [-0.39, 0.29) is 0 Å². The van der Waals surface area contributed by atoms with E-state index in [4.69, 9.17) is 0 Å². The summed E-state index contributed by atoms with van der Waals surface area (Å²) < 4.78 is 0. The number of benzene rings is 1. The fourth-order valence-electron chi connectivity index (χ4n) is 2.45. The van der Waals surface area contributed by atoms with E-state index in [1.54, 1.807) is 11.3 Å². The summed E-state index contributed by atoms with van der Waals surface area (Å²) in [5, 5.41) is 15.6. The third-order valence-electron chi connectivity index (χ3n) is 3.74. The van der Waals surface area contributed by atoms with Crippen molar-refractivity contribution in [3.63, 3.8) is 0 Å². The number of guanidine groups is 1. The number of rotatable bonds is 8. The van der Waals surface area contributed by atoms with Gasteiger partial charge in [0.2, 0.25) is 0 Å². The van der Waals surface area contributed by atoms with Gasteiger partial charge in [-0.1, -0.05) is 36.4 Å². The predicted octanol–water partition coefficient (Wildman–Crippen LogP) is 2.79. The molecule has 2 aromatic rings. The molecule has 5 heteroatoms. The van der Waals surface area contributed by atoms with E-state index in [2.05, 4.69) is 39.6 Å². The van der Waals surface area contributed by atoms with Crippen LogP contribution in [0.3, 0.4) is 0 Å². The van der Waals surface area contributed by atoms with E-state index in [1.165, 1.54) is 4.88 Å². The lowest BCUT2D eigenvalue weighted by Gasteiger charge is -2.22. The average molecular weight is 346 g/mol. The van der Waals surface area contributed by atoms with E-state index in [1.807, 2.05) is 37.4 Å². The van der Waals surface area contributed by atoms with Gasteiger partial charge in [-0.3, -0.25) is 4.99 Å². The molecule has 2 rings (SSSR count). The van der Waals surface area contributed by atoms with Gasteiger partial charge in [0.1, 0.15) is 0 Å². The highest BCUT2D eigenvalue weighted by molar-refractivity contribution is 7.09. The van der Waals surface area contributed by atoms with Crippen LogP contribution in [0.4, 0.5) is 0 Å². The summed E-state index contributed by atoms with van der Waals surface area (Å²) in [6.45, 7) is 4.18. The average Bonchev–Trinajstić information content (AvgIpc) is 3.11. The molecule has 1 aromatic carbocycles. The Kier molecular flexibility index (Phi) is 7.79. The highest BCUT2D eigenvalue weighted by atomic mass is 32.1. The zero-order valence-electron chi connectivity index (χ0n) is 14.5. The molecule has 1 atom stereocenters. The maximum atomic E-state index is 10.2. The lowest BCUT2D eigenvalue weighted by Crippen LogP contribution is -2.40. The smallest absolute Gasteiger partial charge is 0.193 e. The molecular formula is C19H27N3OS. The fourth-order valence-corrected chi connectivity index (χ4v) is 3.15. The zero-order valence-corrected chi connectivity index (χ0v) is 15.3. The fraction of sp³-hybridized carbons (Fsp3) is 0.421. The van der Waals surface area contributed by atoms with Gasteiger partial charge in [-0.2, -0.15) is 0 Å². The van der Waals surface area contributed by atoms with Gasteiger partial charge in [0, 0.05) is 31.4 Å². The van der Waals surface area contributed by atoms with E-state index in [0.717, 1.165) is 31.0 Å². The van der Waals surface area contributed by atoms with Gasteiger partial charge in [-0.05, 0) is 30.4 Å². The van der Waals surface area contributed by atoms with Crippen LogP contribution in [0, 0.1) is 0 Å². The van der Waals surface area contributed by atoms with Crippen molar-refractivity contribution in [2.75, 3.05) is 26.7 Å². The first-order chi connectivity index (χ1) is 11.7. The van der Waals surface area contributed by atoms with Crippen LogP contribution >= 0.6 is 11.3 Å². The molecule has 0 fully saturated rings. The number of hydrogen-bond acceptors (Lipinski definition) is 3. The molecule has 1 aromatic heterocycles. The minimum Gasteiger partial charge on any atom is -0.391 e. The largest absolute Gasteiger partial charge is 0.391 e. The molecule has 0 aliphatic heterocycles. The lowest BCUT2D eigenvalue weighted by molar-refractivity contribution is 0.183. The highest BCUT2D eigenvalue weighted by Gasteiger charge is 2.09. The van der Waals surface area contributed by atoms with Crippen molar-refractivity contribution < 1.29 is 5.11 Å². The van der Waals surface area contributed by atoms with Gasteiger partial charge in [0.05, 0.1) is 12.6 Å². The van der Waals surface area contributed by atoms with Crippen molar-refractivity contribution in [2.45, 2.75) is 25.9 Å². The second-order valence-electron chi connectivity index (χ2n) is 5.79. The molecule has 0 saturated carbocycles. The Morgan fingerprint density at radius 1 is 1.25 bits per heavy atom. The number of aliphatic imine (C=N–C) groups is 1. The molecule has 130 valence electrons. The number of hydrogen-bond donors (Lipinski definition) is 2. The number of aliphatic hydroxyl groups excluding tert-OH is 1. The maximum absolute atomic E-state index is 10.2. The standard InChI is InChI=1S/C19H27N3OS/c1-3-20-19(22(2)12-11-18-10-7-13-24-18)21-15-17(23)14-16-8-5-4-6-9-16/h4-10,13,17,23H,3,11-12,14-15H2,1-2H3,(H,20,21). The monoisotopic (exact) mass is 345 g/mol. The Balaban J connectivity index is 1.86. The van der Waals surface area contributed by atoms with Crippen molar-refractivity contribution in [1.82, 2.24) is 10.2 Å². The minimum atomic E-state index is -0.466. The van der Waals surface area contributed by atoms with Gasteiger partial charge in [0.25, 0.3) is 0 Å². The quantitative estimate of drug-likeness (QED) is 0.571. The van der Waals surface area contributed by atoms with Crippen molar-refractivity contribution in [1.29, 1.82) is 0 Å². The van der Waals surface area contributed by atoms with Gasteiger partial charge in [-0.15, -0.1) is 11.3 Å².